The minimum absolute atomic E-state index is 0.935. The third kappa shape index (κ3) is 3.31. The Balaban J connectivity index is 1.46. The summed E-state index contributed by atoms with van der Waals surface area (Å²) in [5, 5.41) is 13.9. The molecular weight excluding hydrogens is 268 g/mol. The molecule has 0 spiro atoms. The van der Waals surface area contributed by atoms with Gasteiger partial charge in [0, 0.05) is 13.1 Å². The normalized spacial score (nSPS) is 28.4. The summed E-state index contributed by atoms with van der Waals surface area (Å²) in [5.41, 5.74) is 0. The summed E-state index contributed by atoms with van der Waals surface area (Å²) in [4.78, 5) is 2.44. The van der Waals surface area contributed by atoms with Gasteiger partial charge in [0.1, 0.15) is 5.01 Å². The molecule has 0 radical (unpaired) electrons. The molecule has 1 aromatic heterocycles. The van der Waals surface area contributed by atoms with Crippen molar-refractivity contribution in [2.45, 2.75) is 45.6 Å². The first-order valence-electron chi connectivity index (χ1n) is 7.99. The molecule has 2 aliphatic carbocycles. The Labute approximate surface area is 126 Å². The summed E-state index contributed by atoms with van der Waals surface area (Å²) in [6.45, 7) is 5.32. The van der Waals surface area contributed by atoms with Crippen LogP contribution in [0.4, 0.5) is 5.13 Å². The lowest BCUT2D eigenvalue weighted by atomic mass is 9.88. The van der Waals surface area contributed by atoms with Crippen LogP contribution >= 0.6 is 11.3 Å². The Bertz CT molecular complexity index is 433. The predicted molar refractivity (Wildman–Crippen MR) is 84.0 cm³/mol. The molecule has 2 saturated carbocycles. The lowest BCUT2D eigenvalue weighted by molar-refractivity contribution is 0.214. The lowest BCUT2D eigenvalue weighted by Crippen LogP contribution is -2.28. The Morgan fingerprint density at radius 3 is 2.90 bits per heavy atom. The van der Waals surface area contributed by atoms with Crippen molar-refractivity contribution in [3.63, 3.8) is 0 Å². The largest absolute Gasteiger partial charge is 0.360 e. The van der Waals surface area contributed by atoms with Crippen LogP contribution in [0.15, 0.2) is 0 Å². The predicted octanol–water partition coefficient (Wildman–Crippen LogP) is 3.23. The lowest BCUT2D eigenvalue weighted by Gasteiger charge is -2.26. The van der Waals surface area contributed by atoms with Crippen molar-refractivity contribution in [1.29, 1.82) is 0 Å². The van der Waals surface area contributed by atoms with Crippen LogP contribution in [-0.2, 0) is 6.54 Å². The molecule has 4 nitrogen and oxygen atoms in total. The van der Waals surface area contributed by atoms with Crippen LogP contribution in [0, 0.1) is 17.8 Å². The molecule has 0 aliphatic heterocycles. The average Bonchev–Trinajstić information content (AvgIpc) is 3.12. The van der Waals surface area contributed by atoms with Gasteiger partial charge < -0.3 is 5.32 Å². The molecule has 0 saturated heterocycles. The highest BCUT2D eigenvalue weighted by molar-refractivity contribution is 7.15. The Morgan fingerprint density at radius 2 is 2.20 bits per heavy atom. The monoisotopic (exact) mass is 294 g/mol. The van der Waals surface area contributed by atoms with Gasteiger partial charge in [-0.3, -0.25) is 4.90 Å². The second-order valence-corrected chi connectivity index (χ2v) is 7.62. The van der Waals surface area contributed by atoms with E-state index in [9.17, 15) is 0 Å². The van der Waals surface area contributed by atoms with Crippen molar-refractivity contribution in [2.24, 2.45) is 17.8 Å². The van der Waals surface area contributed by atoms with E-state index in [1.165, 1.54) is 32.2 Å². The van der Waals surface area contributed by atoms with Crippen LogP contribution < -0.4 is 5.32 Å². The third-order valence-corrected chi connectivity index (χ3v) is 5.69. The van der Waals surface area contributed by atoms with Gasteiger partial charge in [-0.2, -0.15) is 0 Å². The SMILES string of the molecule is CCCNc1nnc(CN(C)CC2CC3CCC2C3)s1. The van der Waals surface area contributed by atoms with E-state index in [1.807, 2.05) is 0 Å². The van der Waals surface area contributed by atoms with E-state index >= 15 is 0 Å². The molecule has 1 heterocycles. The molecule has 0 amide bonds. The first-order chi connectivity index (χ1) is 9.74. The van der Waals surface area contributed by atoms with E-state index in [-0.39, 0.29) is 0 Å². The van der Waals surface area contributed by atoms with Crippen molar-refractivity contribution in [3.8, 4) is 0 Å². The Hall–Kier alpha value is -0.680. The van der Waals surface area contributed by atoms with Crippen LogP contribution in [0.1, 0.15) is 44.0 Å². The van der Waals surface area contributed by atoms with Gasteiger partial charge in [-0.05, 0) is 50.5 Å². The van der Waals surface area contributed by atoms with Crippen molar-refractivity contribution in [1.82, 2.24) is 15.1 Å². The van der Waals surface area contributed by atoms with E-state index in [2.05, 4.69) is 34.4 Å². The highest BCUT2D eigenvalue weighted by atomic mass is 32.1. The van der Waals surface area contributed by atoms with Gasteiger partial charge in [-0.15, -0.1) is 10.2 Å². The summed E-state index contributed by atoms with van der Waals surface area (Å²) < 4.78 is 0. The van der Waals surface area contributed by atoms with E-state index < -0.39 is 0 Å². The highest BCUT2D eigenvalue weighted by Gasteiger charge is 2.39. The van der Waals surface area contributed by atoms with E-state index in [0.717, 1.165) is 47.4 Å². The molecule has 112 valence electrons. The molecule has 2 aliphatic rings. The summed E-state index contributed by atoms with van der Waals surface area (Å²) in [6, 6.07) is 0. The molecule has 1 aromatic rings. The molecule has 1 N–H and O–H groups in total. The van der Waals surface area contributed by atoms with Crippen molar-refractivity contribution in [2.75, 3.05) is 25.5 Å². The molecule has 3 rings (SSSR count). The first-order valence-corrected chi connectivity index (χ1v) is 8.81. The molecule has 2 fully saturated rings. The molecule has 5 heteroatoms. The van der Waals surface area contributed by atoms with Gasteiger partial charge in [-0.25, -0.2) is 0 Å². The maximum atomic E-state index is 4.30. The van der Waals surface area contributed by atoms with E-state index in [0.29, 0.717) is 0 Å². The minimum Gasteiger partial charge on any atom is -0.360 e. The van der Waals surface area contributed by atoms with Gasteiger partial charge in [0.2, 0.25) is 5.13 Å². The van der Waals surface area contributed by atoms with Crippen LogP contribution in [0.5, 0.6) is 0 Å². The smallest absolute Gasteiger partial charge is 0.205 e. The molecule has 3 unspecified atom stereocenters. The fraction of sp³-hybridized carbons (Fsp3) is 0.867. The number of hydrogen-bond acceptors (Lipinski definition) is 5. The Morgan fingerprint density at radius 1 is 1.30 bits per heavy atom. The topological polar surface area (TPSA) is 41.1 Å². The maximum Gasteiger partial charge on any atom is 0.205 e. The third-order valence-electron chi connectivity index (χ3n) is 4.83. The number of anilines is 1. The summed E-state index contributed by atoms with van der Waals surface area (Å²) >= 11 is 1.70. The van der Waals surface area contributed by atoms with Crippen LogP contribution in [-0.4, -0.2) is 35.2 Å². The molecule has 3 atom stereocenters. The molecule has 20 heavy (non-hydrogen) atoms. The number of rotatable bonds is 7. The van der Waals surface area contributed by atoms with Gasteiger partial charge >= 0.3 is 0 Å². The summed E-state index contributed by atoms with van der Waals surface area (Å²) in [6.07, 6.45) is 7.07. The highest BCUT2D eigenvalue weighted by Crippen LogP contribution is 2.48. The quantitative estimate of drug-likeness (QED) is 0.838. The van der Waals surface area contributed by atoms with Gasteiger partial charge in [0.25, 0.3) is 0 Å². The number of aromatic nitrogens is 2. The maximum absolute atomic E-state index is 4.30. The molecular formula is C15H26N4S. The zero-order valence-corrected chi connectivity index (χ0v) is 13.5. The number of nitrogens with one attached hydrogen (secondary N) is 1. The minimum atomic E-state index is 0.935. The Kier molecular flexibility index (Phi) is 4.56. The van der Waals surface area contributed by atoms with Crippen LogP contribution in [0.25, 0.3) is 0 Å². The average molecular weight is 294 g/mol. The molecule has 2 bridgehead atoms. The van der Waals surface area contributed by atoms with E-state index in [1.54, 1.807) is 11.3 Å². The summed E-state index contributed by atoms with van der Waals surface area (Å²) in [7, 11) is 2.23. The number of nitrogens with zero attached hydrogens (tertiary/aromatic N) is 3. The fourth-order valence-corrected chi connectivity index (χ4v) is 4.76. The van der Waals surface area contributed by atoms with Crippen molar-refractivity contribution >= 4 is 16.5 Å². The van der Waals surface area contributed by atoms with Crippen molar-refractivity contribution in [3.05, 3.63) is 5.01 Å². The summed E-state index contributed by atoms with van der Waals surface area (Å²) in [5.74, 6) is 2.99. The standard InChI is InChI=1S/C15H26N4S/c1-3-6-16-15-18-17-14(20-15)10-19(2)9-13-8-11-4-5-12(13)7-11/h11-13H,3-10H2,1-2H3,(H,16,18). The number of fused-ring (bicyclic) bond motifs is 2. The zero-order valence-electron chi connectivity index (χ0n) is 12.6. The zero-order chi connectivity index (χ0) is 13.9. The van der Waals surface area contributed by atoms with Crippen LogP contribution in [0.2, 0.25) is 0 Å². The van der Waals surface area contributed by atoms with Gasteiger partial charge in [0.05, 0.1) is 6.54 Å². The fourth-order valence-electron chi connectivity index (χ4n) is 3.92. The number of hydrogen-bond donors (Lipinski definition) is 1. The van der Waals surface area contributed by atoms with Crippen molar-refractivity contribution < 1.29 is 0 Å². The first kappa shape index (κ1) is 14.3. The molecule has 0 aromatic carbocycles. The van der Waals surface area contributed by atoms with E-state index in [4.69, 9.17) is 0 Å². The second-order valence-electron chi connectivity index (χ2n) is 6.56. The van der Waals surface area contributed by atoms with Gasteiger partial charge in [0.15, 0.2) is 0 Å². The van der Waals surface area contributed by atoms with Gasteiger partial charge in [-0.1, -0.05) is 24.7 Å². The van der Waals surface area contributed by atoms with Crippen LogP contribution in [0.3, 0.4) is 0 Å². The second kappa shape index (κ2) is 6.39.